The van der Waals surface area contributed by atoms with Crippen LogP contribution in [0.4, 0.5) is 5.82 Å². The number of hydrogen-bond acceptors (Lipinski definition) is 5. The fraction of sp³-hybridized carbons (Fsp3) is 0.455. The highest BCUT2D eigenvalue weighted by Crippen LogP contribution is 2.19. The van der Waals surface area contributed by atoms with E-state index in [2.05, 4.69) is 15.0 Å². The first-order chi connectivity index (χ1) is 8.22. The summed E-state index contributed by atoms with van der Waals surface area (Å²) in [5.74, 6) is 0.836. The van der Waals surface area contributed by atoms with Gasteiger partial charge in [-0.2, -0.15) is 0 Å². The highest BCUT2D eigenvalue weighted by atomic mass is 16.5. The summed E-state index contributed by atoms with van der Waals surface area (Å²) in [5, 5.41) is 11.8. The summed E-state index contributed by atoms with van der Waals surface area (Å²) < 4.78 is 5.30. The molecule has 17 heavy (non-hydrogen) atoms. The zero-order valence-corrected chi connectivity index (χ0v) is 9.76. The average Bonchev–Trinajstić information content (AvgIpc) is 2.39. The van der Waals surface area contributed by atoms with Gasteiger partial charge in [0.1, 0.15) is 5.82 Å². The largest absolute Gasteiger partial charge is 0.409 e. The Morgan fingerprint density at radius 2 is 2.18 bits per heavy atom. The van der Waals surface area contributed by atoms with Crippen LogP contribution in [0.15, 0.2) is 17.3 Å². The number of rotatable bonds is 2. The molecular weight excluding hydrogens is 220 g/mol. The lowest BCUT2D eigenvalue weighted by molar-refractivity contribution is 0.122. The Kier molecular flexibility index (Phi) is 3.43. The maximum atomic E-state index is 8.77. The van der Waals surface area contributed by atoms with Crippen LogP contribution in [0, 0.1) is 6.92 Å². The number of oxime groups is 1. The number of amidine groups is 1. The summed E-state index contributed by atoms with van der Waals surface area (Å²) in [5.41, 5.74) is 7.21. The number of hydrogen-bond donors (Lipinski definition) is 2. The molecule has 0 atom stereocenters. The fourth-order valence-corrected chi connectivity index (χ4v) is 1.81. The monoisotopic (exact) mass is 236 g/mol. The Morgan fingerprint density at radius 3 is 2.82 bits per heavy atom. The van der Waals surface area contributed by atoms with Crippen LogP contribution in [0.25, 0.3) is 0 Å². The van der Waals surface area contributed by atoms with Gasteiger partial charge in [-0.25, -0.2) is 4.98 Å². The van der Waals surface area contributed by atoms with Crippen molar-refractivity contribution in [2.45, 2.75) is 6.92 Å². The van der Waals surface area contributed by atoms with Crippen LogP contribution in [-0.2, 0) is 4.74 Å². The highest BCUT2D eigenvalue weighted by molar-refractivity contribution is 6.01. The minimum Gasteiger partial charge on any atom is -0.409 e. The van der Waals surface area contributed by atoms with Crippen molar-refractivity contribution in [2.75, 3.05) is 31.2 Å². The van der Waals surface area contributed by atoms with Gasteiger partial charge in [-0.05, 0) is 19.1 Å². The predicted octanol–water partition coefficient (Wildman–Crippen LogP) is 0.321. The van der Waals surface area contributed by atoms with Gasteiger partial charge in [0, 0.05) is 18.8 Å². The van der Waals surface area contributed by atoms with E-state index in [4.69, 9.17) is 15.7 Å². The van der Waals surface area contributed by atoms with Gasteiger partial charge in [-0.15, -0.1) is 0 Å². The van der Waals surface area contributed by atoms with Gasteiger partial charge < -0.3 is 20.6 Å². The molecule has 0 aliphatic carbocycles. The second-order valence-corrected chi connectivity index (χ2v) is 3.91. The van der Waals surface area contributed by atoms with Gasteiger partial charge in [-0.3, -0.25) is 0 Å². The number of aryl methyl sites for hydroxylation is 1. The molecule has 0 saturated carbocycles. The Morgan fingerprint density at radius 1 is 1.47 bits per heavy atom. The highest BCUT2D eigenvalue weighted by Gasteiger charge is 2.18. The summed E-state index contributed by atoms with van der Waals surface area (Å²) in [6, 6.07) is 3.67. The van der Waals surface area contributed by atoms with Crippen LogP contribution >= 0.6 is 0 Å². The molecule has 0 aromatic carbocycles. The lowest BCUT2D eigenvalue weighted by Gasteiger charge is -2.29. The summed E-state index contributed by atoms with van der Waals surface area (Å²) in [6.07, 6.45) is 0. The van der Waals surface area contributed by atoms with Crippen LogP contribution in [-0.4, -0.2) is 42.3 Å². The molecule has 6 heteroatoms. The van der Waals surface area contributed by atoms with Crippen molar-refractivity contribution in [1.29, 1.82) is 0 Å². The Hall–Kier alpha value is -1.82. The van der Waals surface area contributed by atoms with E-state index in [1.807, 2.05) is 19.1 Å². The number of aromatic nitrogens is 1. The van der Waals surface area contributed by atoms with Crippen molar-refractivity contribution in [3.63, 3.8) is 0 Å². The average molecular weight is 236 g/mol. The lowest BCUT2D eigenvalue weighted by atomic mass is 10.2. The zero-order valence-electron chi connectivity index (χ0n) is 9.76. The first kappa shape index (κ1) is 11.7. The molecule has 2 heterocycles. The maximum absolute atomic E-state index is 8.77. The normalized spacial score (nSPS) is 17.2. The number of ether oxygens (including phenoxy) is 1. The van der Waals surface area contributed by atoms with Gasteiger partial charge >= 0.3 is 0 Å². The van der Waals surface area contributed by atoms with Gasteiger partial charge in [0.15, 0.2) is 5.84 Å². The van der Waals surface area contributed by atoms with Crippen molar-refractivity contribution in [3.8, 4) is 0 Å². The number of nitrogens with zero attached hydrogens (tertiary/aromatic N) is 3. The number of anilines is 1. The van der Waals surface area contributed by atoms with Crippen molar-refractivity contribution in [2.24, 2.45) is 10.9 Å². The van der Waals surface area contributed by atoms with Gasteiger partial charge in [0.25, 0.3) is 0 Å². The fourth-order valence-electron chi connectivity index (χ4n) is 1.81. The van der Waals surface area contributed by atoms with Crippen molar-refractivity contribution < 1.29 is 9.94 Å². The molecule has 0 radical (unpaired) electrons. The first-order valence-electron chi connectivity index (χ1n) is 5.50. The topological polar surface area (TPSA) is 84.0 Å². The van der Waals surface area contributed by atoms with Crippen molar-refractivity contribution in [1.82, 2.24) is 4.98 Å². The smallest absolute Gasteiger partial charge is 0.173 e. The number of nitrogens with two attached hydrogens (primary N) is 1. The third-order valence-corrected chi connectivity index (χ3v) is 2.71. The summed E-state index contributed by atoms with van der Waals surface area (Å²) in [7, 11) is 0. The molecule has 1 fully saturated rings. The van der Waals surface area contributed by atoms with E-state index in [0.717, 1.165) is 24.6 Å². The van der Waals surface area contributed by atoms with E-state index in [1.165, 1.54) is 0 Å². The van der Waals surface area contributed by atoms with E-state index in [9.17, 15) is 0 Å². The Balaban J connectivity index is 2.38. The van der Waals surface area contributed by atoms with Gasteiger partial charge in [0.2, 0.25) is 0 Å². The zero-order chi connectivity index (χ0) is 12.3. The minimum atomic E-state index is 0.0824. The Bertz CT molecular complexity index is 427. The molecule has 2 rings (SSSR count). The molecule has 0 bridgehead atoms. The summed E-state index contributed by atoms with van der Waals surface area (Å²) in [6.45, 7) is 4.79. The lowest BCUT2D eigenvalue weighted by Crippen LogP contribution is -2.38. The molecule has 1 aromatic heterocycles. The molecular formula is C11H16N4O2. The standard InChI is InChI=1S/C11H16N4O2/c1-8-2-3-9(10(12)14-16)11(13-8)15-4-6-17-7-5-15/h2-3,16H,4-7H2,1H3,(H2,12,14). The van der Waals surface area contributed by atoms with E-state index in [-0.39, 0.29) is 5.84 Å². The van der Waals surface area contributed by atoms with Gasteiger partial charge in [0.05, 0.1) is 18.8 Å². The molecule has 0 spiro atoms. The van der Waals surface area contributed by atoms with Crippen LogP contribution in [0.5, 0.6) is 0 Å². The molecule has 1 saturated heterocycles. The minimum absolute atomic E-state index is 0.0824. The molecule has 0 unspecified atom stereocenters. The van der Waals surface area contributed by atoms with Crippen molar-refractivity contribution in [3.05, 3.63) is 23.4 Å². The Labute approximate surface area is 99.7 Å². The van der Waals surface area contributed by atoms with Crippen molar-refractivity contribution >= 4 is 11.7 Å². The summed E-state index contributed by atoms with van der Waals surface area (Å²) in [4.78, 5) is 6.55. The third-order valence-electron chi connectivity index (χ3n) is 2.71. The summed E-state index contributed by atoms with van der Waals surface area (Å²) >= 11 is 0. The van der Waals surface area contributed by atoms with E-state index in [1.54, 1.807) is 0 Å². The number of pyridine rings is 1. The molecule has 3 N–H and O–H groups in total. The molecule has 1 aliphatic rings. The van der Waals surface area contributed by atoms with E-state index >= 15 is 0 Å². The third kappa shape index (κ3) is 2.47. The molecule has 6 nitrogen and oxygen atoms in total. The van der Waals surface area contributed by atoms with Crippen LogP contribution in [0.2, 0.25) is 0 Å². The quantitative estimate of drug-likeness (QED) is 0.334. The molecule has 1 aromatic rings. The second-order valence-electron chi connectivity index (χ2n) is 3.91. The maximum Gasteiger partial charge on any atom is 0.173 e. The van der Waals surface area contributed by atoms with Gasteiger partial charge in [-0.1, -0.05) is 5.16 Å². The van der Waals surface area contributed by atoms with Crippen LogP contribution in [0.1, 0.15) is 11.3 Å². The number of morpholine rings is 1. The molecule has 0 amide bonds. The molecule has 1 aliphatic heterocycles. The van der Waals surface area contributed by atoms with E-state index in [0.29, 0.717) is 18.8 Å². The first-order valence-corrected chi connectivity index (χ1v) is 5.50. The van der Waals surface area contributed by atoms with Crippen LogP contribution < -0.4 is 10.6 Å². The van der Waals surface area contributed by atoms with Crippen LogP contribution in [0.3, 0.4) is 0 Å². The second kappa shape index (κ2) is 5.01. The molecule has 92 valence electrons. The SMILES string of the molecule is Cc1ccc(C(N)=NO)c(N2CCOCC2)n1. The van der Waals surface area contributed by atoms with E-state index < -0.39 is 0 Å². The predicted molar refractivity (Wildman–Crippen MR) is 64.5 cm³/mol.